The van der Waals surface area contributed by atoms with E-state index in [0.717, 1.165) is 33.3 Å². The van der Waals surface area contributed by atoms with Crippen molar-refractivity contribution in [2.75, 3.05) is 6.54 Å². The molecule has 4 rings (SSSR count). The molecule has 3 aromatic heterocycles. The summed E-state index contributed by atoms with van der Waals surface area (Å²) in [6, 6.07) is 7.89. The Morgan fingerprint density at radius 2 is 2.12 bits per heavy atom. The molecule has 8 heteroatoms. The number of fused-ring (bicyclic) bond motifs is 2. The molecule has 1 amide bonds. The number of aryl methyl sites for hydroxylation is 2. The molecule has 0 atom stereocenters. The van der Waals surface area contributed by atoms with Gasteiger partial charge in [0.1, 0.15) is 16.5 Å². The number of aromatic nitrogens is 5. The highest BCUT2D eigenvalue weighted by Crippen LogP contribution is 2.22. The monoisotopic (exact) mass is 340 g/mol. The number of aromatic amines is 1. The number of carbonyl (C=O) groups is 1. The Bertz CT molecular complexity index is 1010. The molecule has 7 nitrogen and oxygen atoms in total. The highest BCUT2D eigenvalue weighted by molar-refractivity contribution is 7.19. The first-order valence-corrected chi connectivity index (χ1v) is 8.48. The van der Waals surface area contributed by atoms with Gasteiger partial charge in [0.25, 0.3) is 5.91 Å². The normalized spacial score (nSPS) is 11.4. The number of H-pyrrole nitrogens is 1. The molecule has 0 spiro atoms. The fourth-order valence-corrected chi connectivity index (χ4v) is 3.80. The Morgan fingerprint density at radius 3 is 2.92 bits per heavy atom. The Kier molecular flexibility index (Phi) is 3.53. The van der Waals surface area contributed by atoms with E-state index in [0.29, 0.717) is 17.8 Å². The molecule has 1 aromatic carbocycles. The number of benzene rings is 1. The number of carbonyl (C=O) groups excluding carboxylic acids is 1. The third-order valence-corrected chi connectivity index (χ3v) is 5.08. The van der Waals surface area contributed by atoms with Crippen LogP contribution in [0, 0.1) is 13.8 Å². The smallest absolute Gasteiger partial charge is 0.263 e. The highest BCUT2D eigenvalue weighted by Gasteiger charge is 2.18. The van der Waals surface area contributed by atoms with Crippen molar-refractivity contribution in [3.05, 3.63) is 46.5 Å². The summed E-state index contributed by atoms with van der Waals surface area (Å²) in [6.07, 6.45) is 0.655. The maximum Gasteiger partial charge on any atom is 0.263 e. The molecule has 0 aliphatic rings. The maximum atomic E-state index is 12.4. The number of imidazole rings is 1. The molecule has 0 radical (unpaired) electrons. The van der Waals surface area contributed by atoms with Crippen molar-refractivity contribution in [3.8, 4) is 0 Å². The van der Waals surface area contributed by atoms with Crippen LogP contribution in [0.4, 0.5) is 0 Å². The molecule has 0 unspecified atom stereocenters. The molecular weight excluding hydrogens is 324 g/mol. The SMILES string of the molecule is Cc1nnc2sc(C(=O)NCCc3nc4ccccc4[nH]3)c(C)n12. The molecule has 0 saturated heterocycles. The second-order valence-electron chi connectivity index (χ2n) is 5.59. The van der Waals surface area contributed by atoms with Gasteiger partial charge in [-0.2, -0.15) is 0 Å². The standard InChI is InChI=1S/C16H16N6OS/c1-9-14(24-16-21-20-10(2)22(9)16)15(23)17-8-7-13-18-11-5-3-4-6-12(11)19-13/h3-6H,7-8H2,1-2H3,(H,17,23)(H,18,19). The highest BCUT2D eigenvalue weighted by atomic mass is 32.1. The van der Waals surface area contributed by atoms with E-state index >= 15 is 0 Å². The molecule has 122 valence electrons. The number of thiazole rings is 1. The predicted molar refractivity (Wildman–Crippen MR) is 92.5 cm³/mol. The zero-order chi connectivity index (χ0) is 16.7. The van der Waals surface area contributed by atoms with Crippen LogP contribution in [-0.2, 0) is 6.42 Å². The van der Waals surface area contributed by atoms with E-state index in [2.05, 4.69) is 25.5 Å². The molecule has 0 aliphatic carbocycles. The van der Waals surface area contributed by atoms with Crippen LogP contribution in [0.1, 0.15) is 27.0 Å². The van der Waals surface area contributed by atoms with Gasteiger partial charge in [-0.3, -0.25) is 9.20 Å². The lowest BCUT2D eigenvalue weighted by atomic mass is 10.3. The quantitative estimate of drug-likeness (QED) is 0.596. The Morgan fingerprint density at radius 1 is 1.29 bits per heavy atom. The number of para-hydroxylation sites is 2. The summed E-state index contributed by atoms with van der Waals surface area (Å²) in [6.45, 7) is 4.31. The number of amides is 1. The van der Waals surface area contributed by atoms with Gasteiger partial charge in [-0.25, -0.2) is 4.98 Å². The third kappa shape index (κ3) is 2.44. The van der Waals surface area contributed by atoms with Crippen LogP contribution >= 0.6 is 11.3 Å². The average Bonchev–Trinajstić information content (AvgIpc) is 3.23. The summed E-state index contributed by atoms with van der Waals surface area (Å²) in [5.74, 6) is 1.58. The first-order valence-electron chi connectivity index (χ1n) is 7.66. The number of hydrogen-bond acceptors (Lipinski definition) is 5. The minimum Gasteiger partial charge on any atom is -0.351 e. The van der Waals surface area contributed by atoms with Crippen LogP contribution in [0.5, 0.6) is 0 Å². The van der Waals surface area contributed by atoms with E-state index in [1.807, 2.05) is 42.5 Å². The van der Waals surface area contributed by atoms with Crippen molar-refractivity contribution < 1.29 is 4.79 Å². The largest absolute Gasteiger partial charge is 0.351 e. The van der Waals surface area contributed by atoms with Gasteiger partial charge in [0.15, 0.2) is 0 Å². The molecule has 0 saturated carbocycles. The molecule has 3 heterocycles. The molecule has 4 aromatic rings. The van der Waals surface area contributed by atoms with Crippen molar-refractivity contribution in [1.82, 2.24) is 29.9 Å². The lowest BCUT2D eigenvalue weighted by Gasteiger charge is -2.03. The topological polar surface area (TPSA) is 88.0 Å². The Labute approximate surface area is 141 Å². The molecule has 24 heavy (non-hydrogen) atoms. The zero-order valence-electron chi connectivity index (χ0n) is 13.3. The molecule has 0 fully saturated rings. The van der Waals surface area contributed by atoms with Crippen LogP contribution < -0.4 is 5.32 Å². The van der Waals surface area contributed by atoms with Crippen molar-refractivity contribution in [2.45, 2.75) is 20.3 Å². The Hall–Kier alpha value is -2.74. The predicted octanol–water partition coefficient (Wildman–Crippen LogP) is 2.26. The van der Waals surface area contributed by atoms with Crippen LogP contribution in [0.15, 0.2) is 24.3 Å². The minimum atomic E-state index is -0.0847. The third-order valence-electron chi connectivity index (χ3n) is 3.94. The van der Waals surface area contributed by atoms with Crippen molar-refractivity contribution >= 4 is 33.2 Å². The number of hydrogen-bond donors (Lipinski definition) is 2. The second kappa shape index (κ2) is 5.72. The summed E-state index contributed by atoms with van der Waals surface area (Å²) in [4.78, 5) is 21.6. The van der Waals surface area contributed by atoms with Crippen molar-refractivity contribution in [1.29, 1.82) is 0 Å². The summed E-state index contributed by atoms with van der Waals surface area (Å²) >= 11 is 1.36. The number of rotatable bonds is 4. The van der Waals surface area contributed by atoms with E-state index in [-0.39, 0.29) is 5.91 Å². The fourth-order valence-electron chi connectivity index (χ4n) is 2.77. The van der Waals surface area contributed by atoms with Crippen LogP contribution in [0.3, 0.4) is 0 Å². The number of nitrogens with one attached hydrogen (secondary N) is 2. The van der Waals surface area contributed by atoms with Crippen LogP contribution in [0.25, 0.3) is 16.0 Å². The Balaban J connectivity index is 1.45. The van der Waals surface area contributed by atoms with E-state index < -0.39 is 0 Å². The summed E-state index contributed by atoms with van der Waals surface area (Å²) in [5, 5.41) is 11.0. The lowest BCUT2D eigenvalue weighted by Crippen LogP contribution is -2.26. The summed E-state index contributed by atoms with van der Waals surface area (Å²) in [7, 11) is 0. The van der Waals surface area contributed by atoms with Gasteiger partial charge >= 0.3 is 0 Å². The minimum absolute atomic E-state index is 0.0847. The second-order valence-corrected chi connectivity index (χ2v) is 6.57. The summed E-state index contributed by atoms with van der Waals surface area (Å²) in [5.41, 5.74) is 2.83. The van der Waals surface area contributed by atoms with Gasteiger partial charge in [-0.05, 0) is 26.0 Å². The molecule has 2 N–H and O–H groups in total. The van der Waals surface area contributed by atoms with Gasteiger partial charge in [0.05, 0.1) is 11.0 Å². The molecule has 0 aliphatic heterocycles. The van der Waals surface area contributed by atoms with E-state index in [1.165, 1.54) is 11.3 Å². The van der Waals surface area contributed by atoms with Crippen LogP contribution in [-0.4, -0.2) is 37.0 Å². The average molecular weight is 340 g/mol. The van der Waals surface area contributed by atoms with Crippen molar-refractivity contribution in [2.24, 2.45) is 0 Å². The number of nitrogens with zero attached hydrogens (tertiary/aromatic N) is 4. The molecular formula is C16H16N6OS. The van der Waals surface area contributed by atoms with E-state index in [4.69, 9.17) is 0 Å². The summed E-state index contributed by atoms with van der Waals surface area (Å²) < 4.78 is 1.90. The van der Waals surface area contributed by atoms with Gasteiger partial charge < -0.3 is 10.3 Å². The van der Waals surface area contributed by atoms with Gasteiger partial charge in [0.2, 0.25) is 4.96 Å². The van der Waals surface area contributed by atoms with E-state index in [1.54, 1.807) is 0 Å². The van der Waals surface area contributed by atoms with Crippen LogP contribution in [0.2, 0.25) is 0 Å². The van der Waals surface area contributed by atoms with Crippen molar-refractivity contribution in [3.63, 3.8) is 0 Å². The van der Waals surface area contributed by atoms with Gasteiger partial charge in [-0.15, -0.1) is 10.2 Å². The zero-order valence-corrected chi connectivity index (χ0v) is 14.1. The van der Waals surface area contributed by atoms with E-state index in [9.17, 15) is 4.79 Å². The maximum absolute atomic E-state index is 12.4. The fraction of sp³-hybridized carbons (Fsp3) is 0.250. The lowest BCUT2D eigenvalue weighted by molar-refractivity contribution is 0.0957. The molecule has 0 bridgehead atoms. The first-order chi connectivity index (χ1) is 11.6. The van der Waals surface area contributed by atoms with Gasteiger partial charge in [-0.1, -0.05) is 23.5 Å². The van der Waals surface area contributed by atoms with Gasteiger partial charge in [0, 0.05) is 18.7 Å². The first kappa shape index (κ1) is 14.8.